The predicted octanol–water partition coefficient (Wildman–Crippen LogP) is 1.37. The van der Waals surface area contributed by atoms with Crippen molar-refractivity contribution in [1.82, 2.24) is 25.3 Å². The van der Waals surface area contributed by atoms with Crippen molar-refractivity contribution >= 4 is 5.96 Å². The number of furan rings is 1. The van der Waals surface area contributed by atoms with Gasteiger partial charge < -0.3 is 15.1 Å². The third kappa shape index (κ3) is 4.85. The Bertz CT molecular complexity index is 602. The Hall–Kier alpha value is -2.28. The molecule has 2 N–H and O–H groups in total. The van der Waals surface area contributed by atoms with Gasteiger partial charge in [0.15, 0.2) is 5.96 Å². The van der Waals surface area contributed by atoms with E-state index in [9.17, 15) is 0 Å². The second kappa shape index (κ2) is 8.38. The fraction of sp³-hybridized carbons (Fsp3) is 0.500. The van der Waals surface area contributed by atoms with Gasteiger partial charge in [0, 0.05) is 26.3 Å². The maximum absolute atomic E-state index is 5.53. The fourth-order valence-corrected chi connectivity index (χ4v) is 2.27. The van der Waals surface area contributed by atoms with Crippen molar-refractivity contribution in [1.29, 1.82) is 0 Å². The molecule has 0 aliphatic carbocycles. The molecule has 23 heavy (non-hydrogen) atoms. The highest BCUT2D eigenvalue weighted by atomic mass is 16.3. The van der Waals surface area contributed by atoms with Crippen LogP contribution in [0.15, 0.2) is 40.1 Å². The minimum Gasteiger partial charge on any atom is -0.468 e. The van der Waals surface area contributed by atoms with Crippen LogP contribution >= 0.6 is 0 Å². The van der Waals surface area contributed by atoms with Gasteiger partial charge in [0.2, 0.25) is 0 Å². The summed E-state index contributed by atoms with van der Waals surface area (Å²) in [5, 5.41) is 10.8. The summed E-state index contributed by atoms with van der Waals surface area (Å²) < 4.78 is 7.36. The first kappa shape index (κ1) is 17.1. The predicted molar refractivity (Wildman–Crippen MR) is 91.2 cm³/mol. The smallest absolute Gasteiger partial charge is 0.191 e. The van der Waals surface area contributed by atoms with Crippen molar-refractivity contribution in [2.45, 2.75) is 19.5 Å². The average molecular weight is 318 g/mol. The van der Waals surface area contributed by atoms with Gasteiger partial charge in [0.05, 0.1) is 24.5 Å². The molecule has 1 atom stereocenters. The van der Waals surface area contributed by atoms with Gasteiger partial charge in [0.1, 0.15) is 5.76 Å². The lowest BCUT2D eigenvalue weighted by Gasteiger charge is -2.23. The van der Waals surface area contributed by atoms with Gasteiger partial charge in [-0.2, -0.15) is 5.10 Å². The molecule has 0 saturated carbocycles. The van der Waals surface area contributed by atoms with E-state index < -0.39 is 0 Å². The highest BCUT2D eigenvalue weighted by molar-refractivity contribution is 5.79. The molecule has 7 heteroatoms. The molecule has 0 aromatic carbocycles. The number of aromatic nitrogens is 2. The lowest BCUT2D eigenvalue weighted by atomic mass is 10.2. The number of rotatable bonds is 7. The van der Waals surface area contributed by atoms with Crippen LogP contribution in [-0.4, -0.2) is 47.8 Å². The molecule has 0 amide bonds. The van der Waals surface area contributed by atoms with Crippen LogP contribution in [0.3, 0.4) is 0 Å². The summed E-state index contributed by atoms with van der Waals surface area (Å²) in [6, 6.07) is 6.02. The zero-order valence-electron chi connectivity index (χ0n) is 14.3. The number of aliphatic imine (C=N–C) groups is 1. The molecule has 0 aliphatic rings. The largest absolute Gasteiger partial charge is 0.468 e. The second-order valence-electron chi connectivity index (χ2n) is 5.52. The molecule has 0 saturated heterocycles. The Balaban J connectivity index is 1.99. The molecule has 1 unspecified atom stereocenters. The van der Waals surface area contributed by atoms with E-state index in [0.717, 1.165) is 24.0 Å². The first-order valence-electron chi connectivity index (χ1n) is 7.80. The van der Waals surface area contributed by atoms with E-state index >= 15 is 0 Å². The summed E-state index contributed by atoms with van der Waals surface area (Å²) in [6.07, 6.45) is 3.48. The normalized spacial score (nSPS) is 13.3. The van der Waals surface area contributed by atoms with Gasteiger partial charge in [-0.1, -0.05) is 0 Å². The quantitative estimate of drug-likeness (QED) is 0.596. The van der Waals surface area contributed by atoms with Crippen molar-refractivity contribution in [3.63, 3.8) is 0 Å². The topological polar surface area (TPSA) is 70.6 Å². The van der Waals surface area contributed by atoms with Gasteiger partial charge >= 0.3 is 0 Å². The highest BCUT2D eigenvalue weighted by Gasteiger charge is 2.17. The molecule has 0 fully saturated rings. The van der Waals surface area contributed by atoms with Crippen LogP contribution in [0.25, 0.3) is 0 Å². The van der Waals surface area contributed by atoms with Crippen molar-refractivity contribution in [2.75, 3.05) is 27.2 Å². The van der Waals surface area contributed by atoms with E-state index in [0.29, 0.717) is 13.1 Å². The number of likely N-dealkylation sites (N-methyl/N-ethyl adjacent to an activating group) is 1. The van der Waals surface area contributed by atoms with E-state index in [1.54, 1.807) is 12.5 Å². The lowest BCUT2D eigenvalue weighted by Crippen LogP contribution is -2.41. The molecule has 126 valence electrons. The molecule has 2 rings (SSSR count). The van der Waals surface area contributed by atoms with E-state index in [4.69, 9.17) is 4.42 Å². The Kier molecular flexibility index (Phi) is 6.22. The van der Waals surface area contributed by atoms with Crippen LogP contribution in [0.5, 0.6) is 0 Å². The molecule has 2 heterocycles. The van der Waals surface area contributed by atoms with Gasteiger partial charge in [-0.25, -0.2) is 4.99 Å². The zero-order chi connectivity index (χ0) is 16.7. The zero-order valence-corrected chi connectivity index (χ0v) is 14.3. The number of guanidine groups is 1. The monoisotopic (exact) mass is 318 g/mol. The van der Waals surface area contributed by atoms with Crippen LogP contribution < -0.4 is 10.6 Å². The van der Waals surface area contributed by atoms with Crippen LogP contribution in [0.2, 0.25) is 0 Å². The molecule has 2 aromatic rings. The number of hydrogen-bond acceptors (Lipinski definition) is 4. The minimum absolute atomic E-state index is 0.144. The Morgan fingerprint density at radius 1 is 1.39 bits per heavy atom. The van der Waals surface area contributed by atoms with Crippen LogP contribution in [0.4, 0.5) is 0 Å². The summed E-state index contributed by atoms with van der Waals surface area (Å²) in [7, 11) is 5.99. The Labute approximate surface area is 137 Å². The van der Waals surface area contributed by atoms with E-state index in [2.05, 4.69) is 32.5 Å². The Morgan fingerprint density at radius 2 is 2.22 bits per heavy atom. The number of nitrogens with one attached hydrogen (secondary N) is 2. The third-order valence-electron chi connectivity index (χ3n) is 3.62. The fourth-order valence-electron chi connectivity index (χ4n) is 2.27. The SMILES string of the molecule is CCNC(=NCc1ccnn1C)NCC(c1ccco1)N(C)C. The number of hydrogen-bond donors (Lipinski definition) is 2. The second-order valence-corrected chi connectivity index (χ2v) is 5.52. The van der Waals surface area contributed by atoms with E-state index in [1.165, 1.54) is 0 Å². The molecule has 0 radical (unpaired) electrons. The van der Waals surface area contributed by atoms with Crippen molar-refractivity contribution in [3.8, 4) is 0 Å². The number of aryl methyl sites for hydroxylation is 1. The van der Waals surface area contributed by atoms with Crippen LogP contribution in [0, 0.1) is 0 Å². The molecule has 0 spiro atoms. The van der Waals surface area contributed by atoms with Gasteiger partial charge in [-0.05, 0) is 39.2 Å². The molecular weight excluding hydrogens is 292 g/mol. The maximum Gasteiger partial charge on any atom is 0.191 e. The minimum atomic E-state index is 0.144. The number of nitrogens with zero attached hydrogens (tertiary/aromatic N) is 4. The van der Waals surface area contributed by atoms with Gasteiger partial charge in [0.25, 0.3) is 0 Å². The molecule has 0 bridgehead atoms. The lowest BCUT2D eigenvalue weighted by molar-refractivity contribution is 0.258. The summed E-state index contributed by atoms with van der Waals surface area (Å²) >= 11 is 0. The van der Waals surface area contributed by atoms with E-state index in [-0.39, 0.29) is 6.04 Å². The van der Waals surface area contributed by atoms with Crippen LogP contribution in [0.1, 0.15) is 24.4 Å². The maximum atomic E-state index is 5.53. The summed E-state index contributed by atoms with van der Waals surface area (Å²) in [4.78, 5) is 6.74. The first-order valence-corrected chi connectivity index (χ1v) is 7.80. The molecule has 0 aliphatic heterocycles. The van der Waals surface area contributed by atoms with Gasteiger partial charge in [-0.15, -0.1) is 0 Å². The third-order valence-corrected chi connectivity index (χ3v) is 3.62. The average Bonchev–Trinajstić information content (AvgIpc) is 3.16. The summed E-state index contributed by atoms with van der Waals surface area (Å²) in [5.41, 5.74) is 1.07. The van der Waals surface area contributed by atoms with Crippen molar-refractivity contribution < 1.29 is 4.42 Å². The molecular formula is C16H26N6O. The molecule has 7 nitrogen and oxygen atoms in total. The standard InChI is InChI=1S/C16H26N6O/c1-5-17-16(18-11-13-8-9-20-22(13)4)19-12-14(21(2)3)15-7-6-10-23-15/h6-10,14H,5,11-12H2,1-4H3,(H2,17,18,19). The summed E-state index contributed by atoms with van der Waals surface area (Å²) in [5.74, 6) is 1.72. The van der Waals surface area contributed by atoms with E-state index in [1.807, 2.05) is 44.0 Å². The van der Waals surface area contributed by atoms with Gasteiger partial charge in [-0.3, -0.25) is 9.58 Å². The van der Waals surface area contributed by atoms with Crippen molar-refractivity contribution in [3.05, 3.63) is 42.1 Å². The summed E-state index contributed by atoms with van der Waals surface area (Å²) in [6.45, 7) is 4.15. The first-order chi connectivity index (χ1) is 11.1. The Morgan fingerprint density at radius 3 is 2.78 bits per heavy atom. The molecule has 2 aromatic heterocycles. The highest BCUT2D eigenvalue weighted by Crippen LogP contribution is 2.17. The van der Waals surface area contributed by atoms with Crippen molar-refractivity contribution in [2.24, 2.45) is 12.0 Å². The van der Waals surface area contributed by atoms with Crippen LogP contribution in [-0.2, 0) is 13.6 Å².